The Balaban J connectivity index is 0.00000300. The number of aliphatic imine (C=N–C) groups is 1. The second kappa shape index (κ2) is 11.5. The minimum absolute atomic E-state index is 0. The average Bonchev–Trinajstić information content (AvgIpc) is 3.20. The van der Waals surface area contributed by atoms with Gasteiger partial charge in [-0.3, -0.25) is 4.99 Å². The number of aromatic nitrogens is 2. The maximum Gasteiger partial charge on any atom is 0.205 e. The van der Waals surface area contributed by atoms with Crippen molar-refractivity contribution in [2.45, 2.75) is 26.4 Å². The average molecular weight is 534 g/mol. The molecule has 29 heavy (non-hydrogen) atoms. The molecule has 1 fully saturated rings. The van der Waals surface area contributed by atoms with Gasteiger partial charge in [-0.1, -0.05) is 19.1 Å². The van der Waals surface area contributed by atoms with Crippen molar-refractivity contribution >= 4 is 46.6 Å². The number of hydrogen-bond acceptors (Lipinski definition) is 6. The van der Waals surface area contributed by atoms with E-state index in [1.54, 1.807) is 25.2 Å². The number of guanidine groups is 1. The molecule has 0 amide bonds. The van der Waals surface area contributed by atoms with E-state index in [0.717, 1.165) is 49.5 Å². The Morgan fingerprint density at radius 1 is 1.31 bits per heavy atom. The summed E-state index contributed by atoms with van der Waals surface area (Å²) in [5.74, 6) is 1.65. The Hall–Kier alpha value is -1.69. The second-order valence-electron chi connectivity index (χ2n) is 6.61. The van der Waals surface area contributed by atoms with Gasteiger partial charge in [0.25, 0.3) is 0 Å². The zero-order valence-electron chi connectivity index (χ0n) is 17.0. The van der Waals surface area contributed by atoms with Crippen LogP contribution in [0, 0.1) is 5.82 Å². The van der Waals surface area contributed by atoms with E-state index in [1.165, 1.54) is 17.6 Å². The maximum atomic E-state index is 13.7. The van der Waals surface area contributed by atoms with E-state index in [-0.39, 0.29) is 41.6 Å². The summed E-state index contributed by atoms with van der Waals surface area (Å²) in [4.78, 5) is 13.4. The van der Waals surface area contributed by atoms with E-state index in [1.807, 2.05) is 6.92 Å². The minimum atomic E-state index is -0.349. The lowest BCUT2D eigenvalue weighted by Crippen LogP contribution is -2.53. The van der Waals surface area contributed by atoms with Gasteiger partial charge in [0.2, 0.25) is 5.13 Å². The van der Waals surface area contributed by atoms with Crippen molar-refractivity contribution < 1.29 is 9.13 Å². The van der Waals surface area contributed by atoms with Crippen LogP contribution in [0.1, 0.15) is 19.7 Å². The highest BCUT2D eigenvalue weighted by Gasteiger charge is 2.22. The van der Waals surface area contributed by atoms with E-state index in [2.05, 4.69) is 36.4 Å². The second-order valence-corrected chi connectivity index (χ2v) is 7.34. The third kappa shape index (κ3) is 6.39. The van der Waals surface area contributed by atoms with Crippen LogP contribution in [0.4, 0.5) is 9.52 Å². The van der Waals surface area contributed by atoms with Gasteiger partial charge >= 0.3 is 0 Å². The summed E-state index contributed by atoms with van der Waals surface area (Å²) in [6.45, 7) is 7.96. The fourth-order valence-corrected chi connectivity index (χ4v) is 3.79. The predicted molar refractivity (Wildman–Crippen MR) is 126 cm³/mol. The number of piperazine rings is 1. The lowest BCUT2D eigenvalue weighted by Gasteiger charge is -2.36. The van der Waals surface area contributed by atoms with Crippen molar-refractivity contribution in [2.75, 3.05) is 44.7 Å². The quantitative estimate of drug-likeness (QED) is 0.349. The topological polar surface area (TPSA) is 65.9 Å². The third-order valence-corrected chi connectivity index (χ3v) is 5.36. The fourth-order valence-electron chi connectivity index (χ4n) is 2.99. The van der Waals surface area contributed by atoms with Crippen molar-refractivity contribution in [1.82, 2.24) is 19.6 Å². The predicted octanol–water partition coefficient (Wildman–Crippen LogP) is 3.02. The first-order valence-electron chi connectivity index (χ1n) is 9.55. The van der Waals surface area contributed by atoms with Gasteiger partial charge in [0, 0.05) is 51.2 Å². The third-order valence-electron chi connectivity index (χ3n) is 4.55. The Morgan fingerprint density at radius 2 is 2.03 bits per heavy atom. The molecule has 0 bridgehead atoms. The highest BCUT2D eigenvalue weighted by Crippen LogP contribution is 2.19. The fraction of sp³-hybridized carbons (Fsp3) is 0.526. The number of halogens is 2. The van der Waals surface area contributed by atoms with Crippen molar-refractivity contribution in [1.29, 1.82) is 0 Å². The van der Waals surface area contributed by atoms with Crippen molar-refractivity contribution in [3.05, 3.63) is 35.9 Å². The van der Waals surface area contributed by atoms with Crippen LogP contribution in [0.5, 0.6) is 5.75 Å². The first-order chi connectivity index (χ1) is 13.6. The van der Waals surface area contributed by atoms with Gasteiger partial charge in [-0.15, -0.1) is 24.0 Å². The molecule has 1 aromatic carbocycles. The van der Waals surface area contributed by atoms with Crippen LogP contribution in [0.3, 0.4) is 0 Å². The lowest BCUT2D eigenvalue weighted by atomic mass is 10.3. The Kier molecular flexibility index (Phi) is 9.34. The number of ether oxygens (including phenoxy) is 1. The van der Waals surface area contributed by atoms with Crippen molar-refractivity contribution in [3.63, 3.8) is 0 Å². The van der Waals surface area contributed by atoms with Gasteiger partial charge in [0.1, 0.15) is 11.9 Å². The molecule has 1 aliphatic rings. The van der Waals surface area contributed by atoms with Crippen LogP contribution in [-0.4, -0.2) is 66.1 Å². The van der Waals surface area contributed by atoms with Crippen LogP contribution in [0.15, 0.2) is 29.3 Å². The maximum absolute atomic E-state index is 13.7. The normalized spacial score (nSPS) is 15.7. The number of rotatable bonds is 6. The smallest absolute Gasteiger partial charge is 0.205 e. The van der Waals surface area contributed by atoms with Gasteiger partial charge in [-0.2, -0.15) is 4.37 Å². The number of para-hydroxylation sites is 1. The molecule has 1 aliphatic heterocycles. The van der Waals surface area contributed by atoms with E-state index < -0.39 is 0 Å². The van der Waals surface area contributed by atoms with E-state index in [0.29, 0.717) is 6.54 Å². The van der Waals surface area contributed by atoms with Gasteiger partial charge in [0.05, 0.1) is 6.54 Å². The summed E-state index contributed by atoms with van der Waals surface area (Å²) >= 11 is 1.47. The zero-order chi connectivity index (χ0) is 19.9. The van der Waals surface area contributed by atoms with Crippen LogP contribution in [-0.2, 0) is 6.42 Å². The number of aryl methyl sites for hydroxylation is 1. The van der Waals surface area contributed by atoms with E-state index in [4.69, 9.17) is 4.74 Å². The monoisotopic (exact) mass is 534 g/mol. The molecule has 0 radical (unpaired) electrons. The Labute approximate surface area is 192 Å². The Morgan fingerprint density at radius 3 is 2.66 bits per heavy atom. The van der Waals surface area contributed by atoms with Crippen molar-refractivity contribution in [2.24, 2.45) is 4.99 Å². The first kappa shape index (κ1) is 23.6. The summed E-state index contributed by atoms with van der Waals surface area (Å²) < 4.78 is 23.8. The van der Waals surface area contributed by atoms with Crippen LogP contribution in [0.2, 0.25) is 0 Å². The largest absolute Gasteiger partial charge is 0.486 e. The van der Waals surface area contributed by atoms with Crippen LogP contribution >= 0.6 is 35.5 Å². The molecule has 7 nitrogen and oxygen atoms in total. The number of benzene rings is 1. The molecule has 1 saturated heterocycles. The highest BCUT2D eigenvalue weighted by atomic mass is 127. The molecule has 0 spiro atoms. The summed E-state index contributed by atoms with van der Waals surface area (Å²) in [5.41, 5.74) is 0. The SMILES string of the molecule is CCc1nsc(N2CCN(C(=NC)NCC(C)Oc3ccccc3F)CC2)n1.I. The number of hydrogen-bond donors (Lipinski definition) is 1. The lowest BCUT2D eigenvalue weighted by molar-refractivity contribution is 0.212. The number of nitrogens with one attached hydrogen (secondary N) is 1. The molecule has 3 rings (SSSR count). The molecule has 1 aromatic heterocycles. The van der Waals surface area contributed by atoms with Gasteiger partial charge in [0.15, 0.2) is 17.5 Å². The van der Waals surface area contributed by atoms with Gasteiger partial charge < -0.3 is 19.9 Å². The zero-order valence-corrected chi connectivity index (χ0v) is 20.1. The summed E-state index contributed by atoms with van der Waals surface area (Å²) in [6, 6.07) is 6.45. The molecule has 0 aliphatic carbocycles. The molecular formula is C19H28FIN6OS. The summed E-state index contributed by atoms with van der Waals surface area (Å²) in [6.07, 6.45) is 0.670. The molecule has 0 saturated carbocycles. The Bertz CT molecular complexity index is 797. The molecule has 10 heteroatoms. The summed E-state index contributed by atoms with van der Waals surface area (Å²) in [5, 5.41) is 4.32. The van der Waals surface area contributed by atoms with E-state index >= 15 is 0 Å². The highest BCUT2D eigenvalue weighted by molar-refractivity contribution is 14.0. The molecular weight excluding hydrogens is 506 g/mol. The molecule has 1 atom stereocenters. The molecule has 1 unspecified atom stereocenters. The van der Waals surface area contributed by atoms with E-state index in [9.17, 15) is 4.39 Å². The van der Waals surface area contributed by atoms with Crippen LogP contribution in [0.25, 0.3) is 0 Å². The molecule has 1 N–H and O–H groups in total. The minimum Gasteiger partial charge on any atom is -0.486 e. The van der Waals surface area contributed by atoms with Gasteiger partial charge in [-0.05, 0) is 19.1 Å². The molecule has 160 valence electrons. The van der Waals surface area contributed by atoms with Crippen LogP contribution < -0.4 is 15.0 Å². The summed E-state index contributed by atoms with van der Waals surface area (Å²) in [7, 11) is 1.77. The standard InChI is InChI=1S/C19H27FN6OS.HI/c1-4-17-23-19(28-24-17)26-11-9-25(10-12-26)18(21-3)22-13-14(2)27-16-8-6-5-7-15(16)20;/h5-8,14H,4,9-13H2,1-3H3,(H,21,22);1H. The molecule has 2 heterocycles. The number of nitrogens with zero attached hydrogens (tertiary/aromatic N) is 5. The molecule has 2 aromatic rings. The van der Waals surface area contributed by atoms with Gasteiger partial charge in [-0.25, -0.2) is 9.37 Å². The number of anilines is 1. The van der Waals surface area contributed by atoms with Crippen molar-refractivity contribution in [3.8, 4) is 5.75 Å². The first-order valence-corrected chi connectivity index (χ1v) is 10.3.